The number of carbonyl (C=O) groups is 1. The van der Waals surface area contributed by atoms with E-state index < -0.39 is 0 Å². The Hall–Kier alpha value is -2.24. The van der Waals surface area contributed by atoms with E-state index in [0.717, 1.165) is 44.0 Å². The summed E-state index contributed by atoms with van der Waals surface area (Å²) in [6.45, 7) is 10.3. The molecule has 0 spiro atoms. The van der Waals surface area contributed by atoms with Gasteiger partial charge < -0.3 is 20.3 Å². The molecule has 2 aliphatic rings. The lowest BCUT2D eigenvalue weighted by Gasteiger charge is -2.23. The lowest BCUT2D eigenvalue weighted by Crippen LogP contribution is -2.40. The molecule has 0 bridgehead atoms. The van der Waals surface area contributed by atoms with Crippen molar-refractivity contribution >= 4 is 11.9 Å². The van der Waals surface area contributed by atoms with Crippen LogP contribution in [0, 0.1) is 5.41 Å². The van der Waals surface area contributed by atoms with Crippen molar-refractivity contribution in [2.75, 3.05) is 26.2 Å². The van der Waals surface area contributed by atoms with E-state index in [1.807, 2.05) is 24.3 Å². The largest absolute Gasteiger partial charge is 0.484 e. The van der Waals surface area contributed by atoms with Crippen LogP contribution >= 0.6 is 0 Å². The summed E-state index contributed by atoms with van der Waals surface area (Å²) in [5.74, 6) is 1.63. The van der Waals surface area contributed by atoms with E-state index in [1.54, 1.807) is 0 Å². The summed E-state index contributed by atoms with van der Waals surface area (Å²) in [6, 6.07) is 8.20. The fraction of sp³-hybridized carbons (Fsp3) is 0.619. The number of aliphatic imine (C=N–C) groups is 1. The first-order valence-electron chi connectivity index (χ1n) is 9.99. The molecule has 6 nitrogen and oxygen atoms in total. The molecule has 1 saturated heterocycles. The number of benzene rings is 1. The van der Waals surface area contributed by atoms with E-state index in [4.69, 9.17) is 9.73 Å². The minimum atomic E-state index is -0.0491. The number of carbonyl (C=O) groups excluding carboxylic acids is 1. The van der Waals surface area contributed by atoms with Crippen LogP contribution in [-0.2, 0) is 11.3 Å². The molecule has 1 aliphatic heterocycles. The van der Waals surface area contributed by atoms with E-state index in [2.05, 4.69) is 36.3 Å². The quantitative estimate of drug-likeness (QED) is 0.570. The Bertz CT molecular complexity index is 683. The zero-order chi connectivity index (χ0) is 19.3. The van der Waals surface area contributed by atoms with Gasteiger partial charge in [-0.2, -0.15) is 0 Å². The minimum absolute atomic E-state index is 0.0491. The average Bonchev–Trinajstić information content (AvgIpc) is 3.37. The predicted molar refractivity (Wildman–Crippen MR) is 108 cm³/mol. The average molecular weight is 373 g/mol. The summed E-state index contributed by atoms with van der Waals surface area (Å²) in [4.78, 5) is 18.9. The van der Waals surface area contributed by atoms with Gasteiger partial charge in [0.2, 0.25) is 0 Å². The predicted octanol–water partition coefficient (Wildman–Crippen LogP) is 2.54. The number of ether oxygens (including phenoxy) is 1. The summed E-state index contributed by atoms with van der Waals surface area (Å²) >= 11 is 0. The van der Waals surface area contributed by atoms with Crippen LogP contribution in [0.2, 0.25) is 0 Å². The van der Waals surface area contributed by atoms with Crippen LogP contribution in [0.3, 0.4) is 0 Å². The maximum Gasteiger partial charge on any atom is 0.258 e. The number of likely N-dealkylation sites (tertiary alicyclic amines) is 1. The van der Waals surface area contributed by atoms with Crippen LogP contribution in [0.4, 0.5) is 0 Å². The van der Waals surface area contributed by atoms with Crippen molar-refractivity contribution in [3.63, 3.8) is 0 Å². The molecule has 148 valence electrons. The smallest absolute Gasteiger partial charge is 0.258 e. The fourth-order valence-electron chi connectivity index (χ4n) is 3.26. The van der Waals surface area contributed by atoms with Crippen LogP contribution in [0.5, 0.6) is 5.75 Å². The summed E-state index contributed by atoms with van der Waals surface area (Å²) in [6.07, 6.45) is 3.35. The van der Waals surface area contributed by atoms with Crippen molar-refractivity contribution in [2.24, 2.45) is 10.4 Å². The fourth-order valence-corrected chi connectivity index (χ4v) is 3.26. The van der Waals surface area contributed by atoms with Gasteiger partial charge in [-0.15, -0.1) is 0 Å². The Kier molecular flexibility index (Phi) is 6.24. The van der Waals surface area contributed by atoms with Crippen LogP contribution in [0.25, 0.3) is 0 Å². The van der Waals surface area contributed by atoms with Crippen molar-refractivity contribution in [2.45, 2.75) is 52.6 Å². The molecule has 3 rings (SSSR count). The van der Waals surface area contributed by atoms with Gasteiger partial charge in [0, 0.05) is 25.7 Å². The van der Waals surface area contributed by atoms with Gasteiger partial charge in [-0.05, 0) is 49.3 Å². The molecule has 1 amide bonds. The molecule has 2 fully saturated rings. The molecule has 1 aromatic carbocycles. The van der Waals surface area contributed by atoms with Crippen LogP contribution < -0.4 is 15.4 Å². The number of nitrogens with zero attached hydrogens (tertiary/aromatic N) is 2. The Morgan fingerprint density at radius 3 is 2.85 bits per heavy atom. The highest BCUT2D eigenvalue weighted by Gasteiger charge is 2.30. The number of guanidine groups is 1. The molecule has 0 aromatic heterocycles. The molecule has 1 saturated carbocycles. The Morgan fingerprint density at radius 2 is 2.19 bits per heavy atom. The third-order valence-electron chi connectivity index (χ3n) is 4.93. The third kappa shape index (κ3) is 6.15. The van der Waals surface area contributed by atoms with Crippen molar-refractivity contribution in [1.82, 2.24) is 15.5 Å². The number of nitrogens with one attached hydrogen (secondary N) is 2. The van der Waals surface area contributed by atoms with Gasteiger partial charge in [-0.3, -0.25) is 4.79 Å². The maximum absolute atomic E-state index is 11.8. The second kappa shape index (κ2) is 8.63. The summed E-state index contributed by atoms with van der Waals surface area (Å²) in [5.41, 5.74) is 1.41. The van der Waals surface area contributed by atoms with Crippen LogP contribution in [-0.4, -0.2) is 49.0 Å². The summed E-state index contributed by atoms with van der Waals surface area (Å²) in [5, 5.41) is 6.33. The Labute approximate surface area is 162 Å². The monoisotopic (exact) mass is 372 g/mol. The first kappa shape index (κ1) is 19.5. The van der Waals surface area contributed by atoms with Gasteiger partial charge >= 0.3 is 0 Å². The Morgan fingerprint density at radius 1 is 1.37 bits per heavy atom. The first-order valence-corrected chi connectivity index (χ1v) is 9.99. The zero-order valence-electron chi connectivity index (χ0n) is 16.8. The zero-order valence-corrected chi connectivity index (χ0v) is 16.8. The van der Waals surface area contributed by atoms with E-state index >= 15 is 0 Å². The molecular weight excluding hydrogens is 340 g/mol. The maximum atomic E-state index is 11.8. The normalized spacial score (nSPS) is 19.1. The van der Waals surface area contributed by atoms with Crippen molar-refractivity contribution in [3.8, 4) is 5.75 Å². The molecule has 1 aliphatic carbocycles. The topological polar surface area (TPSA) is 66.0 Å². The van der Waals surface area contributed by atoms with Gasteiger partial charge in [-0.1, -0.05) is 26.0 Å². The standard InChI is InChI=1S/C21H32N4O2/c1-4-22-20(25-11-10-21(2,3)15-25)23-13-16-6-5-7-18(12-16)27-14-19(26)24-17-8-9-17/h5-7,12,17H,4,8-11,13-15H2,1-3H3,(H,22,23)(H,24,26). The van der Waals surface area contributed by atoms with Gasteiger partial charge in [0.05, 0.1) is 6.54 Å². The van der Waals surface area contributed by atoms with E-state index in [9.17, 15) is 4.79 Å². The van der Waals surface area contributed by atoms with Crippen LogP contribution in [0.15, 0.2) is 29.3 Å². The SMILES string of the molecule is CCNC(=NCc1cccc(OCC(=O)NC2CC2)c1)N1CCC(C)(C)C1. The molecular formula is C21H32N4O2. The molecule has 27 heavy (non-hydrogen) atoms. The molecule has 0 unspecified atom stereocenters. The number of hydrogen-bond donors (Lipinski definition) is 2. The van der Waals surface area contributed by atoms with E-state index in [1.165, 1.54) is 6.42 Å². The number of amides is 1. The van der Waals surface area contributed by atoms with Crippen LogP contribution in [0.1, 0.15) is 45.6 Å². The molecule has 1 aromatic rings. The van der Waals surface area contributed by atoms with E-state index in [-0.39, 0.29) is 12.5 Å². The molecule has 2 N–H and O–H groups in total. The van der Waals surface area contributed by atoms with Gasteiger partial charge in [0.25, 0.3) is 5.91 Å². The Balaban J connectivity index is 1.56. The van der Waals surface area contributed by atoms with E-state index in [0.29, 0.717) is 23.8 Å². The van der Waals surface area contributed by atoms with Crippen molar-refractivity contribution < 1.29 is 9.53 Å². The molecule has 6 heteroatoms. The highest BCUT2D eigenvalue weighted by molar-refractivity contribution is 5.80. The van der Waals surface area contributed by atoms with Crippen molar-refractivity contribution in [1.29, 1.82) is 0 Å². The summed E-state index contributed by atoms with van der Waals surface area (Å²) in [7, 11) is 0. The van der Waals surface area contributed by atoms with Crippen molar-refractivity contribution in [3.05, 3.63) is 29.8 Å². The second-order valence-corrected chi connectivity index (χ2v) is 8.28. The second-order valence-electron chi connectivity index (χ2n) is 8.28. The minimum Gasteiger partial charge on any atom is -0.484 e. The van der Waals surface area contributed by atoms with Gasteiger partial charge in [0.15, 0.2) is 12.6 Å². The lowest BCUT2D eigenvalue weighted by atomic mass is 9.93. The highest BCUT2D eigenvalue weighted by Crippen LogP contribution is 2.28. The number of rotatable bonds is 7. The molecule has 0 atom stereocenters. The third-order valence-corrected chi connectivity index (χ3v) is 4.93. The molecule has 0 radical (unpaired) electrons. The highest BCUT2D eigenvalue weighted by atomic mass is 16.5. The summed E-state index contributed by atoms with van der Waals surface area (Å²) < 4.78 is 5.63. The number of hydrogen-bond acceptors (Lipinski definition) is 3. The lowest BCUT2D eigenvalue weighted by molar-refractivity contribution is -0.123. The van der Waals surface area contributed by atoms with Gasteiger partial charge in [-0.25, -0.2) is 4.99 Å². The first-order chi connectivity index (χ1) is 12.9. The van der Waals surface area contributed by atoms with Gasteiger partial charge in [0.1, 0.15) is 5.75 Å². The molecule has 1 heterocycles.